The van der Waals surface area contributed by atoms with Crippen molar-refractivity contribution in [2.75, 3.05) is 16.8 Å². The van der Waals surface area contributed by atoms with Gasteiger partial charge in [-0.2, -0.15) is 5.10 Å². The summed E-state index contributed by atoms with van der Waals surface area (Å²) in [5.74, 6) is 0.697. The zero-order valence-corrected chi connectivity index (χ0v) is 11.8. The van der Waals surface area contributed by atoms with E-state index in [2.05, 4.69) is 10.4 Å². The van der Waals surface area contributed by atoms with Gasteiger partial charge in [-0.1, -0.05) is 6.07 Å². The Balaban J connectivity index is 1.84. The predicted octanol–water partition coefficient (Wildman–Crippen LogP) is 2.78. The maximum Gasteiger partial charge on any atom is 0.152 e. The molecule has 3 rings (SSSR count). The molecule has 110 valence electrons. The highest BCUT2D eigenvalue weighted by Gasteiger charge is 2.04. The Morgan fingerprint density at radius 3 is 2.73 bits per heavy atom. The second-order valence-corrected chi connectivity index (χ2v) is 4.85. The molecule has 0 unspecified atom stereocenters. The summed E-state index contributed by atoms with van der Waals surface area (Å²) in [7, 11) is 0. The van der Waals surface area contributed by atoms with E-state index in [-0.39, 0.29) is 0 Å². The number of nitrogens with two attached hydrogens (primary N) is 2. The van der Waals surface area contributed by atoms with Crippen molar-refractivity contribution in [3.8, 4) is 5.69 Å². The van der Waals surface area contributed by atoms with E-state index >= 15 is 0 Å². The van der Waals surface area contributed by atoms with Gasteiger partial charge >= 0.3 is 0 Å². The van der Waals surface area contributed by atoms with Crippen molar-refractivity contribution in [2.24, 2.45) is 0 Å². The van der Waals surface area contributed by atoms with Crippen LogP contribution < -0.4 is 16.8 Å². The fourth-order valence-corrected chi connectivity index (χ4v) is 2.13. The molecule has 1 aromatic heterocycles. The highest BCUT2D eigenvalue weighted by molar-refractivity contribution is 5.87. The monoisotopic (exact) mass is 292 g/mol. The van der Waals surface area contributed by atoms with Crippen LogP contribution in [0.3, 0.4) is 0 Å². The molecule has 0 amide bonds. The molecule has 0 fully saturated rings. The van der Waals surface area contributed by atoms with E-state index in [9.17, 15) is 0 Å². The Labute approximate surface area is 127 Å². The van der Waals surface area contributed by atoms with Gasteiger partial charge in [-0.15, -0.1) is 0 Å². The van der Waals surface area contributed by atoms with Crippen LogP contribution in [-0.4, -0.2) is 16.0 Å². The van der Waals surface area contributed by atoms with Gasteiger partial charge in [0.05, 0.1) is 5.69 Å². The first-order chi connectivity index (χ1) is 10.7. The van der Waals surface area contributed by atoms with Crippen LogP contribution in [0.25, 0.3) is 5.69 Å². The molecular formula is C16H16N6. The molecule has 22 heavy (non-hydrogen) atoms. The van der Waals surface area contributed by atoms with Crippen molar-refractivity contribution in [1.82, 2.24) is 9.78 Å². The van der Waals surface area contributed by atoms with Crippen LogP contribution in [0.15, 0.2) is 54.7 Å². The summed E-state index contributed by atoms with van der Waals surface area (Å²) in [6.07, 6.45) is 3.08. The Kier molecular flexibility index (Phi) is 3.49. The van der Waals surface area contributed by atoms with Gasteiger partial charge in [0.15, 0.2) is 5.82 Å². The minimum absolute atomic E-state index is 0.575. The number of hydrogen-bond donors (Lipinski definition) is 4. The second-order valence-electron chi connectivity index (χ2n) is 4.85. The van der Waals surface area contributed by atoms with E-state index in [0.717, 1.165) is 11.4 Å². The minimum atomic E-state index is 0.575. The molecule has 0 atom stereocenters. The van der Waals surface area contributed by atoms with Crippen LogP contribution in [0, 0.1) is 5.41 Å². The summed E-state index contributed by atoms with van der Waals surface area (Å²) >= 11 is 0. The lowest BCUT2D eigenvalue weighted by Crippen LogP contribution is -1.99. The first-order valence-corrected chi connectivity index (χ1v) is 6.74. The van der Waals surface area contributed by atoms with Gasteiger partial charge < -0.3 is 22.2 Å². The Hall–Kier alpha value is -3.28. The molecule has 3 aromatic rings. The number of rotatable bonds is 4. The molecule has 1 heterocycles. The van der Waals surface area contributed by atoms with Crippen molar-refractivity contribution >= 4 is 29.1 Å². The molecule has 0 aliphatic heterocycles. The summed E-state index contributed by atoms with van der Waals surface area (Å²) < 4.78 is 1.74. The third-order valence-corrected chi connectivity index (χ3v) is 3.24. The highest BCUT2D eigenvalue weighted by atomic mass is 15.3. The summed E-state index contributed by atoms with van der Waals surface area (Å²) in [6, 6.07) is 14.8. The van der Waals surface area contributed by atoms with Crippen LogP contribution in [0.1, 0.15) is 5.56 Å². The van der Waals surface area contributed by atoms with Crippen molar-refractivity contribution in [1.29, 1.82) is 5.41 Å². The topological polar surface area (TPSA) is 106 Å². The highest BCUT2D eigenvalue weighted by Crippen LogP contribution is 2.20. The van der Waals surface area contributed by atoms with Gasteiger partial charge in [-0.25, -0.2) is 4.68 Å². The standard InChI is InChI=1S/C16H16N6/c17-10-11-8-13(4-5-15(11)19)20-16-6-7-22(21-16)14-3-1-2-12(18)9-14/h1-10,17H,18-19H2,(H,20,21). The lowest BCUT2D eigenvalue weighted by molar-refractivity contribution is 0.885. The molecule has 0 spiro atoms. The van der Waals surface area contributed by atoms with Crippen LogP contribution in [-0.2, 0) is 0 Å². The Bertz CT molecular complexity index is 821. The first-order valence-electron chi connectivity index (χ1n) is 6.74. The molecular weight excluding hydrogens is 276 g/mol. The van der Waals surface area contributed by atoms with Gasteiger partial charge in [-0.3, -0.25) is 0 Å². The fraction of sp³-hybridized carbons (Fsp3) is 0. The van der Waals surface area contributed by atoms with Crippen molar-refractivity contribution < 1.29 is 0 Å². The Morgan fingerprint density at radius 1 is 1.09 bits per heavy atom. The van der Waals surface area contributed by atoms with Crippen molar-refractivity contribution in [3.05, 3.63) is 60.3 Å². The number of anilines is 4. The third kappa shape index (κ3) is 2.76. The quantitative estimate of drug-likeness (QED) is 0.438. The molecule has 0 saturated carbocycles. The van der Waals surface area contributed by atoms with Crippen LogP contribution in [0.4, 0.5) is 22.9 Å². The third-order valence-electron chi connectivity index (χ3n) is 3.24. The van der Waals surface area contributed by atoms with E-state index in [1.165, 1.54) is 6.21 Å². The normalized spacial score (nSPS) is 10.4. The lowest BCUT2D eigenvalue weighted by atomic mass is 10.2. The fourth-order valence-electron chi connectivity index (χ4n) is 2.13. The summed E-state index contributed by atoms with van der Waals surface area (Å²) in [6.45, 7) is 0. The number of benzene rings is 2. The van der Waals surface area contributed by atoms with E-state index in [0.29, 0.717) is 22.8 Å². The average molecular weight is 292 g/mol. The van der Waals surface area contributed by atoms with E-state index < -0.39 is 0 Å². The molecule has 6 nitrogen and oxygen atoms in total. The maximum atomic E-state index is 7.33. The molecule has 0 aliphatic rings. The number of nitrogens with zero attached hydrogens (tertiary/aromatic N) is 2. The molecule has 6 heteroatoms. The minimum Gasteiger partial charge on any atom is -0.399 e. The number of nitrogens with one attached hydrogen (secondary N) is 2. The summed E-state index contributed by atoms with van der Waals surface area (Å²) in [5, 5.41) is 15.0. The molecule has 0 radical (unpaired) electrons. The molecule has 0 bridgehead atoms. The molecule has 6 N–H and O–H groups in total. The maximum absolute atomic E-state index is 7.33. The summed E-state index contributed by atoms with van der Waals surface area (Å²) in [4.78, 5) is 0. The first kappa shape index (κ1) is 13.7. The van der Waals surface area contributed by atoms with Gasteiger partial charge in [0.2, 0.25) is 0 Å². The van der Waals surface area contributed by atoms with Crippen molar-refractivity contribution in [3.63, 3.8) is 0 Å². The van der Waals surface area contributed by atoms with Crippen LogP contribution in [0.2, 0.25) is 0 Å². The number of nitrogen functional groups attached to an aromatic ring is 2. The van der Waals surface area contributed by atoms with Crippen LogP contribution >= 0.6 is 0 Å². The zero-order valence-electron chi connectivity index (χ0n) is 11.8. The van der Waals surface area contributed by atoms with Crippen LogP contribution in [0.5, 0.6) is 0 Å². The van der Waals surface area contributed by atoms with Gasteiger partial charge in [-0.05, 0) is 36.4 Å². The lowest BCUT2D eigenvalue weighted by Gasteiger charge is -2.06. The number of hydrogen-bond acceptors (Lipinski definition) is 5. The molecule has 0 aliphatic carbocycles. The Morgan fingerprint density at radius 2 is 1.95 bits per heavy atom. The predicted molar refractivity (Wildman–Crippen MR) is 90.0 cm³/mol. The van der Waals surface area contributed by atoms with Gasteiger partial charge in [0, 0.05) is 41.1 Å². The smallest absolute Gasteiger partial charge is 0.152 e. The van der Waals surface area contributed by atoms with E-state index in [4.69, 9.17) is 16.9 Å². The largest absolute Gasteiger partial charge is 0.399 e. The second kappa shape index (κ2) is 5.61. The SMILES string of the molecule is N=Cc1cc(Nc2ccn(-c3cccc(N)c3)n2)ccc1N. The summed E-state index contributed by atoms with van der Waals surface area (Å²) in [5.41, 5.74) is 15.2. The molecule has 0 saturated heterocycles. The average Bonchev–Trinajstić information content (AvgIpc) is 2.98. The zero-order chi connectivity index (χ0) is 15.5. The number of aromatic nitrogens is 2. The van der Waals surface area contributed by atoms with Gasteiger partial charge in [0.1, 0.15) is 0 Å². The molecule has 2 aromatic carbocycles. The van der Waals surface area contributed by atoms with Gasteiger partial charge in [0.25, 0.3) is 0 Å². The van der Waals surface area contributed by atoms with Crippen molar-refractivity contribution in [2.45, 2.75) is 0 Å². The van der Waals surface area contributed by atoms with E-state index in [1.807, 2.05) is 48.7 Å². The van der Waals surface area contributed by atoms with E-state index in [1.54, 1.807) is 10.7 Å².